The van der Waals surface area contributed by atoms with E-state index in [4.69, 9.17) is 16.3 Å². The summed E-state index contributed by atoms with van der Waals surface area (Å²) in [7, 11) is 1.74. The maximum absolute atomic E-state index is 5.86. The Balaban J connectivity index is 1.68. The zero-order chi connectivity index (χ0) is 16.5. The lowest BCUT2D eigenvalue weighted by Gasteiger charge is -2.17. The van der Waals surface area contributed by atoms with Crippen molar-refractivity contribution in [2.75, 3.05) is 20.1 Å². The van der Waals surface area contributed by atoms with Crippen molar-refractivity contribution in [3.63, 3.8) is 0 Å². The molecule has 1 unspecified atom stereocenters. The number of hydrogen-bond acceptors (Lipinski definition) is 3. The molecule has 1 atom stereocenters. The summed E-state index contributed by atoms with van der Waals surface area (Å²) in [6.45, 7) is 4.17. The summed E-state index contributed by atoms with van der Waals surface area (Å²) in [5.41, 5.74) is 0. The molecule has 0 fully saturated rings. The Morgan fingerprint density at radius 3 is 2.78 bits per heavy atom. The van der Waals surface area contributed by atoms with Crippen LogP contribution in [0.3, 0.4) is 0 Å². The van der Waals surface area contributed by atoms with E-state index >= 15 is 0 Å². The van der Waals surface area contributed by atoms with Gasteiger partial charge in [0.2, 0.25) is 0 Å². The molecule has 2 aromatic rings. The molecule has 2 N–H and O–H groups in total. The summed E-state index contributed by atoms with van der Waals surface area (Å²) in [4.78, 5) is 4.19. The van der Waals surface area contributed by atoms with Gasteiger partial charge in [0.05, 0.1) is 13.1 Å². The van der Waals surface area contributed by atoms with Crippen molar-refractivity contribution in [3.05, 3.63) is 47.7 Å². The van der Waals surface area contributed by atoms with Crippen LogP contribution in [-0.2, 0) is 6.54 Å². The highest BCUT2D eigenvalue weighted by Crippen LogP contribution is 2.16. The fraction of sp³-hybridized carbons (Fsp3) is 0.375. The summed E-state index contributed by atoms with van der Waals surface area (Å²) in [5, 5.41) is 11.3. The van der Waals surface area contributed by atoms with Crippen molar-refractivity contribution < 1.29 is 4.74 Å². The van der Waals surface area contributed by atoms with Gasteiger partial charge in [0.1, 0.15) is 11.9 Å². The van der Waals surface area contributed by atoms with Crippen LogP contribution in [0.2, 0.25) is 5.02 Å². The Kier molecular flexibility index (Phi) is 6.75. The average molecular weight is 336 g/mol. The van der Waals surface area contributed by atoms with Gasteiger partial charge in [0.25, 0.3) is 0 Å². The summed E-state index contributed by atoms with van der Waals surface area (Å²) in [5.74, 6) is 1.54. The molecule has 0 spiro atoms. The minimum Gasteiger partial charge on any atom is -0.489 e. The van der Waals surface area contributed by atoms with Crippen LogP contribution in [0.1, 0.15) is 6.92 Å². The van der Waals surface area contributed by atoms with Crippen LogP contribution in [0.4, 0.5) is 0 Å². The number of halogens is 1. The van der Waals surface area contributed by atoms with E-state index in [0.717, 1.165) is 24.8 Å². The number of hydrogen-bond donors (Lipinski definition) is 2. The van der Waals surface area contributed by atoms with Gasteiger partial charge in [-0.05, 0) is 37.3 Å². The van der Waals surface area contributed by atoms with Gasteiger partial charge in [-0.15, -0.1) is 0 Å². The van der Waals surface area contributed by atoms with Gasteiger partial charge in [0.15, 0.2) is 5.96 Å². The monoisotopic (exact) mass is 335 g/mol. The SMILES string of the molecule is CN=C(NCCn1cccn1)NCC(C)Oc1ccc(Cl)cc1. The van der Waals surface area contributed by atoms with Crippen LogP contribution < -0.4 is 15.4 Å². The second-order valence-corrected chi connectivity index (χ2v) is 5.47. The molecule has 6 nitrogen and oxygen atoms in total. The van der Waals surface area contributed by atoms with Gasteiger partial charge in [-0.1, -0.05) is 11.6 Å². The quantitative estimate of drug-likeness (QED) is 0.601. The lowest BCUT2D eigenvalue weighted by molar-refractivity contribution is 0.224. The third kappa shape index (κ3) is 6.20. The lowest BCUT2D eigenvalue weighted by Crippen LogP contribution is -2.42. The van der Waals surface area contributed by atoms with Crippen molar-refractivity contribution in [1.82, 2.24) is 20.4 Å². The number of ether oxygens (including phenoxy) is 1. The smallest absolute Gasteiger partial charge is 0.191 e. The molecule has 0 aliphatic heterocycles. The molecular formula is C16H22ClN5O. The standard InChI is InChI=1S/C16H22ClN5O/c1-13(23-15-6-4-14(17)5-7-15)12-20-16(18-2)19-9-11-22-10-3-8-21-22/h3-8,10,13H,9,11-12H2,1-2H3,(H2,18,19,20). The van der Waals surface area contributed by atoms with Crippen molar-refractivity contribution in [3.8, 4) is 5.75 Å². The zero-order valence-electron chi connectivity index (χ0n) is 13.4. The van der Waals surface area contributed by atoms with Crippen molar-refractivity contribution in [2.24, 2.45) is 4.99 Å². The Labute approximate surface area is 141 Å². The minimum absolute atomic E-state index is 0.000779. The first-order chi connectivity index (χ1) is 11.2. The normalized spacial score (nSPS) is 12.7. The molecule has 23 heavy (non-hydrogen) atoms. The number of nitrogens with zero attached hydrogens (tertiary/aromatic N) is 3. The van der Waals surface area contributed by atoms with E-state index in [1.54, 1.807) is 13.2 Å². The molecule has 1 aromatic heterocycles. The third-order valence-corrected chi connectivity index (χ3v) is 3.38. The molecule has 0 aliphatic rings. The van der Waals surface area contributed by atoms with Gasteiger partial charge in [0, 0.05) is 31.0 Å². The van der Waals surface area contributed by atoms with E-state index in [0.29, 0.717) is 11.6 Å². The van der Waals surface area contributed by atoms with Gasteiger partial charge in [-0.2, -0.15) is 5.10 Å². The molecule has 0 aliphatic carbocycles. The Morgan fingerprint density at radius 2 is 2.13 bits per heavy atom. The number of aliphatic imine (C=N–C) groups is 1. The van der Waals surface area contributed by atoms with Gasteiger partial charge in [-0.25, -0.2) is 0 Å². The Hall–Kier alpha value is -2.21. The predicted molar refractivity (Wildman–Crippen MR) is 93.1 cm³/mol. The first-order valence-corrected chi connectivity index (χ1v) is 7.89. The van der Waals surface area contributed by atoms with E-state index in [1.807, 2.05) is 48.1 Å². The molecule has 0 saturated heterocycles. The molecule has 1 aromatic carbocycles. The largest absolute Gasteiger partial charge is 0.489 e. The van der Waals surface area contributed by atoms with E-state index < -0.39 is 0 Å². The van der Waals surface area contributed by atoms with Gasteiger partial charge >= 0.3 is 0 Å². The first-order valence-electron chi connectivity index (χ1n) is 7.51. The van der Waals surface area contributed by atoms with Crippen LogP contribution in [-0.4, -0.2) is 42.0 Å². The third-order valence-electron chi connectivity index (χ3n) is 3.12. The number of rotatable bonds is 7. The number of benzene rings is 1. The van der Waals surface area contributed by atoms with Gasteiger partial charge < -0.3 is 15.4 Å². The predicted octanol–water partition coefficient (Wildman–Crippen LogP) is 2.17. The summed E-state index contributed by atoms with van der Waals surface area (Å²) < 4.78 is 7.68. The van der Waals surface area contributed by atoms with Crippen LogP contribution in [0.5, 0.6) is 5.75 Å². The van der Waals surface area contributed by atoms with Crippen LogP contribution in [0.15, 0.2) is 47.7 Å². The molecule has 0 amide bonds. The van der Waals surface area contributed by atoms with Crippen molar-refractivity contribution in [2.45, 2.75) is 19.6 Å². The minimum atomic E-state index is 0.000779. The Morgan fingerprint density at radius 1 is 1.35 bits per heavy atom. The first kappa shape index (κ1) is 17.1. The van der Waals surface area contributed by atoms with Crippen LogP contribution in [0, 0.1) is 0 Å². The van der Waals surface area contributed by atoms with Crippen molar-refractivity contribution >= 4 is 17.6 Å². The fourth-order valence-corrected chi connectivity index (χ4v) is 2.10. The topological polar surface area (TPSA) is 63.5 Å². The molecule has 2 rings (SSSR count). The maximum atomic E-state index is 5.86. The zero-order valence-corrected chi connectivity index (χ0v) is 14.1. The maximum Gasteiger partial charge on any atom is 0.191 e. The fourth-order valence-electron chi connectivity index (χ4n) is 1.97. The second kappa shape index (κ2) is 9.05. The summed E-state index contributed by atoms with van der Waals surface area (Å²) in [6.07, 6.45) is 3.70. The lowest BCUT2D eigenvalue weighted by atomic mass is 10.3. The van der Waals surface area contributed by atoms with E-state index in [-0.39, 0.29) is 6.10 Å². The molecule has 124 valence electrons. The highest BCUT2D eigenvalue weighted by Gasteiger charge is 2.05. The summed E-state index contributed by atoms with van der Waals surface area (Å²) in [6, 6.07) is 9.24. The molecule has 7 heteroatoms. The summed E-state index contributed by atoms with van der Waals surface area (Å²) >= 11 is 5.86. The van der Waals surface area contributed by atoms with Gasteiger partial charge in [-0.3, -0.25) is 9.67 Å². The molecule has 0 radical (unpaired) electrons. The number of nitrogens with one attached hydrogen (secondary N) is 2. The molecular weight excluding hydrogens is 314 g/mol. The second-order valence-electron chi connectivity index (χ2n) is 5.03. The number of guanidine groups is 1. The average Bonchev–Trinajstić information content (AvgIpc) is 3.06. The van der Waals surface area contributed by atoms with E-state index in [1.165, 1.54) is 0 Å². The molecule has 0 saturated carbocycles. The molecule has 1 heterocycles. The van der Waals surface area contributed by atoms with E-state index in [2.05, 4.69) is 20.7 Å². The molecule has 0 bridgehead atoms. The van der Waals surface area contributed by atoms with Crippen molar-refractivity contribution in [1.29, 1.82) is 0 Å². The van der Waals surface area contributed by atoms with E-state index in [9.17, 15) is 0 Å². The highest BCUT2D eigenvalue weighted by atomic mass is 35.5. The van der Waals surface area contributed by atoms with Crippen LogP contribution in [0.25, 0.3) is 0 Å². The number of aromatic nitrogens is 2. The highest BCUT2D eigenvalue weighted by molar-refractivity contribution is 6.30. The Bertz CT molecular complexity index is 597. The van der Waals surface area contributed by atoms with Crippen LogP contribution >= 0.6 is 11.6 Å².